The molecular formula is C20H19N5O. The zero-order chi connectivity index (χ0) is 18.5. The number of nitriles is 1. The first kappa shape index (κ1) is 16.2. The number of fused-ring (bicyclic) bond motifs is 2. The number of nitrogens with two attached hydrogens (primary N) is 1. The molecule has 26 heavy (non-hydrogen) atoms. The monoisotopic (exact) mass is 345 g/mol. The number of nitrogens with one attached hydrogen (secondary N) is 2. The van der Waals surface area contributed by atoms with Gasteiger partial charge in [0.15, 0.2) is 0 Å². The fraction of sp³-hybridized carbons (Fsp3) is 0.200. The summed E-state index contributed by atoms with van der Waals surface area (Å²) >= 11 is 0. The van der Waals surface area contributed by atoms with E-state index in [0.29, 0.717) is 11.4 Å². The molecule has 0 amide bonds. The molecule has 0 aliphatic heterocycles. The van der Waals surface area contributed by atoms with E-state index in [1.165, 1.54) is 0 Å². The first-order valence-corrected chi connectivity index (χ1v) is 8.30. The van der Waals surface area contributed by atoms with Gasteiger partial charge in [-0.1, -0.05) is 0 Å². The number of hydrogen-bond acceptors (Lipinski definition) is 4. The molecule has 4 N–H and O–H groups in total. The van der Waals surface area contributed by atoms with E-state index in [-0.39, 0.29) is 0 Å². The van der Waals surface area contributed by atoms with Gasteiger partial charge in [-0.15, -0.1) is 0 Å². The van der Waals surface area contributed by atoms with Gasteiger partial charge in [0, 0.05) is 22.7 Å². The fourth-order valence-electron chi connectivity index (χ4n) is 3.52. The Hall–Kier alpha value is -3.30. The number of aromatic nitrogens is 3. The summed E-state index contributed by atoms with van der Waals surface area (Å²) in [6.45, 7) is 3.94. The minimum absolute atomic E-state index is 0.576. The SMILES string of the molecule is COc1cc(C)c2[nH]ccc2c1C(C)(N)c1nc2ccc(C#N)cc2[nH]1. The molecule has 1 unspecified atom stereocenters. The summed E-state index contributed by atoms with van der Waals surface area (Å²) < 4.78 is 5.64. The topological polar surface area (TPSA) is 104 Å². The molecule has 2 aromatic heterocycles. The molecule has 0 aliphatic rings. The molecule has 2 aromatic carbocycles. The highest BCUT2D eigenvalue weighted by atomic mass is 16.5. The number of ether oxygens (including phenoxy) is 1. The number of hydrogen-bond donors (Lipinski definition) is 3. The van der Waals surface area contributed by atoms with Crippen molar-refractivity contribution in [2.75, 3.05) is 7.11 Å². The number of H-pyrrole nitrogens is 2. The van der Waals surface area contributed by atoms with Gasteiger partial charge in [0.1, 0.15) is 17.1 Å². The maximum absolute atomic E-state index is 9.10. The molecule has 0 bridgehead atoms. The summed E-state index contributed by atoms with van der Waals surface area (Å²) in [6, 6.07) is 11.5. The van der Waals surface area contributed by atoms with E-state index in [4.69, 9.17) is 15.7 Å². The van der Waals surface area contributed by atoms with Crippen LogP contribution in [0.2, 0.25) is 0 Å². The zero-order valence-electron chi connectivity index (χ0n) is 14.8. The van der Waals surface area contributed by atoms with Crippen molar-refractivity contribution in [2.45, 2.75) is 19.4 Å². The van der Waals surface area contributed by atoms with E-state index >= 15 is 0 Å². The van der Waals surface area contributed by atoms with E-state index in [1.54, 1.807) is 19.2 Å². The Morgan fingerprint density at radius 1 is 1.27 bits per heavy atom. The predicted octanol–water partition coefficient (Wildman–Crippen LogP) is 3.46. The molecule has 2 heterocycles. The summed E-state index contributed by atoms with van der Waals surface area (Å²) in [5, 5.41) is 10.1. The zero-order valence-corrected chi connectivity index (χ0v) is 14.8. The van der Waals surface area contributed by atoms with Crippen LogP contribution in [-0.4, -0.2) is 22.1 Å². The van der Waals surface area contributed by atoms with Crippen LogP contribution in [0.1, 0.15) is 29.4 Å². The average Bonchev–Trinajstić information content (AvgIpc) is 3.27. The Bertz CT molecular complexity index is 1180. The first-order valence-electron chi connectivity index (χ1n) is 8.30. The van der Waals surface area contributed by atoms with Crippen LogP contribution >= 0.6 is 0 Å². The van der Waals surface area contributed by atoms with E-state index in [1.807, 2.05) is 38.2 Å². The summed E-state index contributed by atoms with van der Waals surface area (Å²) in [6.07, 6.45) is 1.90. The summed E-state index contributed by atoms with van der Waals surface area (Å²) in [7, 11) is 1.64. The number of imidazole rings is 1. The van der Waals surface area contributed by atoms with Crippen LogP contribution in [0.5, 0.6) is 5.75 Å². The third kappa shape index (κ3) is 2.25. The van der Waals surface area contributed by atoms with Crippen molar-refractivity contribution in [3.63, 3.8) is 0 Å². The number of methoxy groups -OCH3 is 1. The Morgan fingerprint density at radius 3 is 2.81 bits per heavy atom. The van der Waals surface area contributed by atoms with Gasteiger partial charge < -0.3 is 20.4 Å². The van der Waals surface area contributed by atoms with Gasteiger partial charge in [-0.05, 0) is 49.7 Å². The molecule has 0 saturated heterocycles. The second-order valence-corrected chi connectivity index (χ2v) is 6.67. The van der Waals surface area contributed by atoms with Gasteiger partial charge in [0.05, 0.1) is 29.8 Å². The normalized spacial score (nSPS) is 13.7. The third-order valence-electron chi connectivity index (χ3n) is 4.85. The van der Waals surface area contributed by atoms with Gasteiger partial charge in [0.2, 0.25) is 0 Å². The highest BCUT2D eigenvalue weighted by Gasteiger charge is 2.33. The lowest BCUT2D eigenvalue weighted by Crippen LogP contribution is -2.36. The van der Waals surface area contributed by atoms with Crippen molar-refractivity contribution in [2.24, 2.45) is 5.73 Å². The van der Waals surface area contributed by atoms with Crippen LogP contribution in [0, 0.1) is 18.3 Å². The Balaban J connectivity index is 1.97. The quantitative estimate of drug-likeness (QED) is 0.529. The Kier molecular flexibility index (Phi) is 3.49. The highest BCUT2D eigenvalue weighted by molar-refractivity contribution is 5.90. The molecule has 6 nitrogen and oxygen atoms in total. The lowest BCUT2D eigenvalue weighted by Gasteiger charge is -2.26. The number of benzene rings is 2. The van der Waals surface area contributed by atoms with Crippen LogP contribution in [0.4, 0.5) is 0 Å². The van der Waals surface area contributed by atoms with Gasteiger partial charge in [-0.3, -0.25) is 0 Å². The minimum atomic E-state index is -0.911. The van der Waals surface area contributed by atoms with Gasteiger partial charge in [-0.25, -0.2) is 4.98 Å². The standard InChI is InChI=1S/C20H19N5O/c1-11-8-16(26-3)17(13-6-7-23-18(11)13)20(2,22)19-24-14-5-4-12(10-21)9-15(14)25-19/h4-9,23H,22H2,1-3H3,(H,24,25). The summed E-state index contributed by atoms with van der Waals surface area (Å²) in [5.41, 5.74) is 11.0. The van der Waals surface area contributed by atoms with Crippen LogP contribution in [0.25, 0.3) is 21.9 Å². The Morgan fingerprint density at radius 2 is 2.08 bits per heavy atom. The molecule has 0 spiro atoms. The maximum Gasteiger partial charge on any atom is 0.131 e. The van der Waals surface area contributed by atoms with Crippen LogP contribution in [0.15, 0.2) is 36.5 Å². The van der Waals surface area contributed by atoms with E-state index < -0.39 is 5.54 Å². The molecule has 0 aliphatic carbocycles. The molecule has 0 fully saturated rings. The third-order valence-corrected chi connectivity index (χ3v) is 4.85. The number of nitrogens with zero attached hydrogens (tertiary/aromatic N) is 2. The molecular weight excluding hydrogens is 326 g/mol. The van der Waals surface area contributed by atoms with Crippen molar-refractivity contribution in [3.05, 3.63) is 59.0 Å². The van der Waals surface area contributed by atoms with Crippen molar-refractivity contribution in [1.82, 2.24) is 15.0 Å². The Labute approximate surface area is 150 Å². The predicted molar refractivity (Wildman–Crippen MR) is 101 cm³/mol. The van der Waals surface area contributed by atoms with E-state index in [0.717, 1.165) is 38.8 Å². The van der Waals surface area contributed by atoms with Gasteiger partial charge in [-0.2, -0.15) is 5.26 Å². The van der Waals surface area contributed by atoms with E-state index in [9.17, 15) is 0 Å². The van der Waals surface area contributed by atoms with Crippen LogP contribution < -0.4 is 10.5 Å². The number of rotatable bonds is 3. The summed E-state index contributed by atoms with van der Waals surface area (Å²) in [4.78, 5) is 11.2. The smallest absolute Gasteiger partial charge is 0.131 e. The van der Waals surface area contributed by atoms with Crippen LogP contribution in [-0.2, 0) is 5.54 Å². The highest BCUT2D eigenvalue weighted by Crippen LogP contribution is 2.39. The second kappa shape index (κ2) is 5.61. The molecule has 4 aromatic rings. The number of aromatic amines is 2. The molecule has 1 atom stereocenters. The molecule has 6 heteroatoms. The molecule has 0 saturated carbocycles. The number of aryl methyl sites for hydroxylation is 1. The maximum atomic E-state index is 9.10. The molecule has 130 valence electrons. The van der Waals surface area contributed by atoms with Crippen molar-refractivity contribution < 1.29 is 4.74 Å². The largest absolute Gasteiger partial charge is 0.496 e. The van der Waals surface area contributed by atoms with E-state index in [2.05, 4.69) is 21.0 Å². The van der Waals surface area contributed by atoms with Gasteiger partial charge in [0.25, 0.3) is 0 Å². The van der Waals surface area contributed by atoms with Crippen molar-refractivity contribution >= 4 is 21.9 Å². The average molecular weight is 345 g/mol. The first-order chi connectivity index (χ1) is 12.5. The van der Waals surface area contributed by atoms with Gasteiger partial charge >= 0.3 is 0 Å². The molecule has 0 radical (unpaired) electrons. The summed E-state index contributed by atoms with van der Waals surface area (Å²) in [5.74, 6) is 1.34. The lowest BCUT2D eigenvalue weighted by molar-refractivity contribution is 0.398. The lowest BCUT2D eigenvalue weighted by atomic mass is 9.87. The fourth-order valence-corrected chi connectivity index (χ4v) is 3.52. The van der Waals surface area contributed by atoms with Crippen molar-refractivity contribution in [3.8, 4) is 11.8 Å². The second-order valence-electron chi connectivity index (χ2n) is 6.67. The minimum Gasteiger partial charge on any atom is -0.496 e. The molecule has 4 rings (SSSR count). The van der Waals surface area contributed by atoms with Crippen molar-refractivity contribution in [1.29, 1.82) is 5.26 Å². The van der Waals surface area contributed by atoms with Crippen LogP contribution in [0.3, 0.4) is 0 Å².